The van der Waals surface area contributed by atoms with Crippen LogP contribution >= 0.6 is 46.4 Å². The number of hydrogen-bond acceptors (Lipinski definition) is 5. The summed E-state index contributed by atoms with van der Waals surface area (Å²) in [5.41, 5.74) is 1.76. The van der Waals surface area contributed by atoms with E-state index in [-0.39, 0.29) is 25.7 Å². The number of fused-ring (bicyclic) bond motifs is 6. The number of allylic oxidation sites excluding steroid dienone is 1. The Balaban J connectivity index is 1.63. The Bertz CT molecular complexity index is 1710. The van der Waals surface area contributed by atoms with E-state index in [4.69, 9.17) is 60.6 Å². The van der Waals surface area contributed by atoms with Crippen LogP contribution in [0.15, 0.2) is 79.1 Å². The van der Waals surface area contributed by atoms with Gasteiger partial charge in [0.25, 0.3) is 0 Å². The fraction of sp³-hybridized carbons (Fsp3) is 0.100. The van der Waals surface area contributed by atoms with E-state index in [0.717, 1.165) is 11.4 Å². The van der Waals surface area contributed by atoms with E-state index in [1.54, 1.807) is 25.1 Å². The van der Waals surface area contributed by atoms with Gasteiger partial charge in [0, 0.05) is 47.2 Å². The molecule has 0 aliphatic carbocycles. The predicted octanol–water partition coefficient (Wildman–Crippen LogP) is 9.55. The van der Waals surface area contributed by atoms with Crippen molar-refractivity contribution >= 4 is 63.7 Å². The average Bonchev–Trinajstić information content (AvgIpc) is 3.23. The summed E-state index contributed by atoms with van der Waals surface area (Å²) in [6.07, 6.45) is 0. The number of benzene rings is 4. The number of halogens is 4. The highest BCUT2D eigenvalue weighted by Gasteiger charge is 2.56. The molecule has 1 spiro atoms. The molecule has 0 amide bonds. The van der Waals surface area contributed by atoms with E-state index in [9.17, 15) is 4.79 Å². The van der Waals surface area contributed by atoms with Crippen LogP contribution in [0.5, 0.6) is 17.2 Å². The van der Waals surface area contributed by atoms with E-state index in [1.165, 1.54) is 0 Å². The van der Waals surface area contributed by atoms with Gasteiger partial charge in [0.15, 0.2) is 5.60 Å². The molecule has 0 bridgehead atoms. The van der Waals surface area contributed by atoms with Gasteiger partial charge < -0.3 is 19.1 Å². The average molecular weight is 599 g/mol. The highest BCUT2D eigenvalue weighted by molar-refractivity contribution is 6.53. The van der Waals surface area contributed by atoms with E-state index in [2.05, 4.69) is 6.58 Å². The van der Waals surface area contributed by atoms with Gasteiger partial charge in [-0.25, -0.2) is 4.79 Å². The van der Waals surface area contributed by atoms with Gasteiger partial charge in [-0.1, -0.05) is 71.2 Å². The Morgan fingerprint density at radius 2 is 1.49 bits per heavy atom. The number of anilines is 2. The minimum Gasteiger partial charge on any atom is -0.463 e. The molecule has 9 heteroatoms. The Kier molecular flexibility index (Phi) is 6.23. The zero-order valence-corrected chi connectivity index (χ0v) is 23.7. The number of rotatable bonds is 4. The van der Waals surface area contributed by atoms with Crippen LogP contribution in [0.2, 0.25) is 20.1 Å². The largest absolute Gasteiger partial charge is 0.463 e. The number of carbonyl (C=O) groups is 1. The molecule has 2 aliphatic rings. The van der Waals surface area contributed by atoms with Crippen molar-refractivity contribution < 1.29 is 19.0 Å². The number of esters is 1. The molecule has 0 aromatic heterocycles. The molecule has 196 valence electrons. The predicted molar refractivity (Wildman–Crippen MR) is 155 cm³/mol. The number of hydrogen-bond donors (Lipinski definition) is 0. The number of carbonyl (C=O) groups excluding carboxylic acids is 1. The van der Waals surface area contributed by atoms with E-state index in [0.29, 0.717) is 39.7 Å². The molecule has 0 radical (unpaired) electrons. The summed E-state index contributed by atoms with van der Waals surface area (Å²) >= 11 is 26.2. The Hall–Kier alpha value is -3.35. The van der Waals surface area contributed by atoms with Crippen LogP contribution in [0, 0.1) is 0 Å². The third-order valence-electron chi connectivity index (χ3n) is 6.79. The molecule has 0 saturated carbocycles. The number of para-hydroxylation sites is 1. The SMILES string of the molecule is C=C(C)Oc1ccc2c(c1)Oc1cc(N(C)c3ccccc3)ccc1C21OC(=O)c2c(Cl)c(Cl)c(Cl)c(Cl)c21. The maximum absolute atomic E-state index is 13.4. The zero-order chi connectivity index (χ0) is 27.6. The third kappa shape index (κ3) is 3.87. The first kappa shape index (κ1) is 25.9. The molecule has 4 aromatic rings. The van der Waals surface area contributed by atoms with Crippen LogP contribution in [0.25, 0.3) is 0 Å². The van der Waals surface area contributed by atoms with Gasteiger partial charge in [-0.3, -0.25) is 0 Å². The monoisotopic (exact) mass is 597 g/mol. The van der Waals surface area contributed by atoms with Crippen molar-refractivity contribution in [3.8, 4) is 17.2 Å². The first-order valence-corrected chi connectivity index (χ1v) is 13.3. The Morgan fingerprint density at radius 3 is 2.18 bits per heavy atom. The van der Waals surface area contributed by atoms with E-state index in [1.807, 2.05) is 60.5 Å². The molecule has 2 aliphatic heterocycles. The summed E-state index contributed by atoms with van der Waals surface area (Å²) in [4.78, 5) is 15.4. The van der Waals surface area contributed by atoms with E-state index < -0.39 is 11.6 Å². The maximum atomic E-state index is 13.4. The smallest absolute Gasteiger partial charge is 0.341 e. The first-order valence-electron chi connectivity index (χ1n) is 11.8. The lowest BCUT2D eigenvalue weighted by Crippen LogP contribution is -2.33. The first-order chi connectivity index (χ1) is 18.6. The molecule has 2 heterocycles. The summed E-state index contributed by atoms with van der Waals surface area (Å²) in [5, 5.41) is 0.0457. The summed E-state index contributed by atoms with van der Waals surface area (Å²) in [6.45, 7) is 5.55. The topological polar surface area (TPSA) is 48.0 Å². The molecule has 4 aromatic carbocycles. The number of nitrogens with zero attached hydrogens (tertiary/aromatic N) is 1. The molecule has 1 unspecified atom stereocenters. The lowest BCUT2D eigenvalue weighted by atomic mass is 9.77. The van der Waals surface area contributed by atoms with E-state index >= 15 is 0 Å². The van der Waals surface area contributed by atoms with Crippen molar-refractivity contribution in [3.05, 3.63) is 121 Å². The van der Waals surface area contributed by atoms with Crippen LogP contribution in [-0.2, 0) is 10.3 Å². The molecule has 1 atom stereocenters. The normalized spacial score (nSPS) is 16.6. The Labute approximate surface area is 245 Å². The molecule has 0 N–H and O–H groups in total. The van der Waals surface area contributed by atoms with Gasteiger partial charge in [-0.05, 0) is 43.3 Å². The van der Waals surface area contributed by atoms with Gasteiger partial charge in [0.1, 0.15) is 17.2 Å². The second kappa shape index (κ2) is 9.39. The fourth-order valence-electron chi connectivity index (χ4n) is 5.08. The van der Waals surface area contributed by atoms with Crippen molar-refractivity contribution in [2.75, 3.05) is 11.9 Å². The lowest BCUT2D eigenvalue weighted by molar-refractivity contribution is 0.0224. The summed E-state index contributed by atoms with van der Waals surface area (Å²) in [6, 6.07) is 20.7. The van der Waals surface area contributed by atoms with Gasteiger partial charge in [-0.15, -0.1) is 0 Å². The molecular formula is C30H19Cl4NO4. The minimum atomic E-state index is -1.50. The molecule has 0 fully saturated rings. The van der Waals surface area contributed by atoms with Crippen molar-refractivity contribution in [1.82, 2.24) is 0 Å². The molecule has 6 rings (SSSR count). The molecule has 39 heavy (non-hydrogen) atoms. The van der Waals surface area contributed by atoms with Gasteiger partial charge in [0.05, 0.1) is 31.4 Å². The molecule has 5 nitrogen and oxygen atoms in total. The zero-order valence-electron chi connectivity index (χ0n) is 20.7. The van der Waals surface area contributed by atoms with Gasteiger partial charge >= 0.3 is 5.97 Å². The second-order valence-corrected chi connectivity index (χ2v) is 10.7. The summed E-state index contributed by atoms with van der Waals surface area (Å²) < 4.78 is 18.4. The van der Waals surface area contributed by atoms with Crippen LogP contribution < -0.4 is 14.4 Å². The minimum absolute atomic E-state index is 0.0198. The van der Waals surface area contributed by atoms with Crippen LogP contribution in [0.1, 0.15) is 34.0 Å². The summed E-state index contributed by atoms with van der Waals surface area (Å²) in [7, 11) is 1.95. The van der Waals surface area contributed by atoms with Gasteiger partial charge in [0.2, 0.25) is 0 Å². The Morgan fingerprint density at radius 1 is 0.846 bits per heavy atom. The number of ether oxygens (including phenoxy) is 3. The van der Waals surface area contributed by atoms with Gasteiger partial charge in [-0.2, -0.15) is 0 Å². The second-order valence-electron chi connectivity index (χ2n) is 9.22. The van der Waals surface area contributed by atoms with Crippen LogP contribution in [-0.4, -0.2) is 13.0 Å². The molecular weight excluding hydrogens is 580 g/mol. The maximum Gasteiger partial charge on any atom is 0.341 e. The summed E-state index contributed by atoms with van der Waals surface area (Å²) in [5.74, 6) is 1.18. The van der Waals surface area contributed by atoms with Crippen molar-refractivity contribution in [1.29, 1.82) is 0 Å². The lowest BCUT2D eigenvalue weighted by Gasteiger charge is -2.37. The van der Waals surface area contributed by atoms with Crippen LogP contribution in [0.4, 0.5) is 11.4 Å². The van der Waals surface area contributed by atoms with Crippen molar-refractivity contribution in [3.63, 3.8) is 0 Å². The standard InChI is InChI=1S/C30H19Cl4NO4/c1-15(2)37-18-10-12-20-22(14-18)38-21-13-17(35(3)16-7-5-4-6-8-16)9-11-19(21)30(20)24-23(29(36)39-30)25(31)27(33)28(34)26(24)32/h4-14H,1H2,2-3H3. The highest BCUT2D eigenvalue weighted by Crippen LogP contribution is 2.61. The fourth-order valence-corrected chi connectivity index (χ4v) is 6.14. The van der Waals surface area contributed by atoms with Crippen molar-refractivity contribution in [2.24, 2.45) is 0 Å². The van der Waals surface area contributed by atoms with Crippen molar-refractivity contribution in [2.45, 2.75) is 12.5 Å². The molecule has 0 saturated heterocycles. The highest BCUT2D eigenvalue weighted by atomic mass is 35.5. The van der Waals surface area contributed by atoms with Crippen LogP contribution in [0.3, 0.4) is 0 Å². The quantitative estimate of drug-likeness (QED) is 0.101. The third-order valence-corrected chi connectivity index (χ3v) is 8.59.